The van der Waals surface area contributed by atoms with Gasteiger partial charge in [0, 0.05) is 73.0 Å². The van der Waals surface area contributed by atoms with Crippen LogP contribution < -0.4 is 20.1 Å². The summed E-state index contributed by atoms with van der Waals surface area (Å²) in [4.78, 5) is 38.1. The maximum Gasteiger partial charge on any atom is 0.404 e. The molecule has 0 aliphatic rings. The Morgan fingerprint density at radius 1 is 0.716 bits per heavy atom. The first-order valence-electron chi connectivity index (χ1n) is 19.7. The number of amides is 1. The van der Waals surface area contributed by atoms with E-state index in [1.807, 2.05) is 20.8 Å². The lowest BCUT2D eigenvalue weighted by Gasteiger charge is -2.30. The van der Waals surface area contributed by atoms with Crippen LogP contribution in [0.15, 0.2) is 132 Å². The highest BCUT2D eigenvalue weighted by molar-refractivity contribution is 7.90. The van der Waals surface area contributed by atoms with Crippen molar-refractivity contribution in [2.24, 2.45) is 5.41 Å². The van der Waals surface area contributed by atoms with Crippen LogP contribution in [-0.4, -0.2) is 95.4 Å². The number of hydrogen-bond donors (Lipinski definition) is 5. The average molecular weight is 967 g/mol. The number of pyridine rings is 2. The number of nitrogens with zero attached hydrogens (tertiary/aromatic N) is 4. The van der Waals surface area contributed by atoms with Crippen molar-refractivity contribution in [1.29, 1.82) is 0 Å². The number of benzene rings is 2. The molecule has 356 valence electrons. The van der Waals surface area contributed by atoms with Crippen molar-refractivity contribution in [1.82, 2.24) is 28.5 Å². The number of halogens is 2. The van der Waals surface area contributed by atoms with Crippen molar-refractivity contribution in [2.45, 2.75) is 49.6 Å². The molecule has 4 heterocycles. The summed E-state index contributed by atoms with van der Waals surface area (Å²) in [6, 6.07) is 17.6. The molecule has 0 saturated heterocycles. The molecule has 2 aromatic carbocycles. The monoisotopic (exact) mass is 966 g/mol. The zero-order valence-electron chi connectivity index (χ0n) is 36.9. The van der Waals surface area contributed by atoms with Gasteiger partial charge in [0.2, 0.25) is 0 Å². The van der Waals surface area contributed by atoms with Gasteiger partial charge in [-0.25, -0.2) is 47.9 Å². The Morgan fingerprint density at radius 3 is 1.51 bits per heavy atom. The molecule has 0 radical (unpaired) electrons. The second-order valence-electron chi connectivity index (χ2n) is 15.2. The van der Waals surface area contributed by atoms with Crippen molar-refractivity contribution >= 4 is 38.1 Å². The molecule has 1 amide bonds. The predicted molar refractivity (Wildman–Crippen MR) is 242 cm³/mol. The molecule has 1 atom stereocenters. The Balaban J connectivity index is 0.000000256. The van der Waals surface area contributed by atoms with Gasteiger partial charge in [0.1, 0.15) is 9.79 Å². The summed E-state index contributed by atoms with van der Waals surface area (Å²) in [6.45, 7) is 6.06. The van der Waals surface area contributed by atoms with Crippen LogP contribution >= 0.6 is 0 Å². The van der Waals surface area contributed by atoms with E-state index in [2.05, 4.69) is 20.6 Å². The maximum absolute atomic E-state index is 15.1. The van der Waals surface area contributed by atoms with E-state index in [1.165, 1.54) is 99.9 Å². The number of nitrogens with one attached hydrogen (secondary N) is 2. The quantitative estimate of drug-likeness (QED) is 0.0686. The molecule has 1 unspecified atom stereocenters. The van der Waals surface area contributed by atoms with E-state index in [9.17, 15) is 40.7 Å². The number of carboxylic acids is 2. The largest absolute Gasteiger partial charge is 0.494 e. The summed E-state index contributed by atoms with van der Waals surface area (Å²) in [7, 11) is -3.62. The maximum atomic E-state index is 15.1. The van der Waals surface area contributed by atoms with E-state index in [0.29, 0.717) is 29.8 Å². The van der Waals surface area contributed by atoms with E-state index in [4.69, 9.17) is 19.7 Å². The molecule has 18 nitrogen and oxygen atoms in total. The van der Waals surface area contributed by atoms with Crippen LogP contribution in [0.4, 0.5) is 13.6 Å². The van der Waals surface area contributed by atoms with Gasteiger partial charge < -0.3 is 35.4 Å². The van der Waals surface area contributed by atoms with Crippen LogP contribution in [0, 0.1) is 17.0 Å². The van der Waals surface area contributed by atoms with Crippen molar-refractivity contribution in [3.63, 3.8) is 0 Å². The van der Waals surface area contributed by atoms with E-state index >= 15 is 4.39 Å². The average Bonchev–Trinajstić information content (AvgIpc) is 3.92. The summed E-state index contributed by atoms with van der Waals surface area (Å²) in [6.07, 6.45) is 8.42. The lowest BCUT2D eigenvalue weighted by molar-refractivity contribution is -0.134. The summed E-state index contributed by atoms with van der Waals surface area (Å²) < 4.78 is 95.0. The van der Waals surface area contributed by atoms with Crippen LogP contribution in [0.2, 0.25) is 0 Å². The highest BCUT2D eigenvalue weighted by atomic mass is 32.2. The number of rotatable bonds is 15. The Morgan fingerprint density at radius 2 is 1.15 bits per heavy atom. The molecular formula is C45H48F2N6O12S2. The molecule has 6 rings (SSSR count). The molecule has 5 N–H and O–H groups in total. The number of carbonyl (C=O) groups is 3. The van der Waals surface area contributed by atoms with Crippen molar-refractivity contribution in [3.8, 4) is 34.0 Å². The zero-order valence-corrected chi connectivity index (χ0v) is 38.5. The summed E-state index contributed by atoms with van der Waals surface area (Å²) in [5.41, 5.74) is 1.25. The molecule has 67 heavy (non-hydrogen) atoms. The van der Waals surface area contributed by atoms with Crippen molar-refractivity contribution in [2.75, 3.05) is 21.3 Å². The van der Waals surface area contributed by atoms with Crippen LogP contribution in [0.5, 0.6) is 11.5 Å². The molecule has 0 bridgehead atoms. The predicted octanol–water partition coefficient (Wildman–Crippen LogP) is 6.53. The molecule has 0 aliphatic carbocycles. The standard InChI is InChI=1S/C23H26FN3O5S.C18H18FN3O3S.C4H4O4/c1-23(2,3)20(26-22(28)29)12-15-11-18(17-8-5-9-19(32-4)21(17)24)27(14-15)33(30,31)16-7-6-10-25-13-16;1-20-10-13-9-16(15-6-3-7-17(25-2)18(15)19)22(12-13)26(23,24)14-5-4-8-21-11-14;5-3(6)1-2-4(7)8/h5-11,13-14,20,26H,12H2,1-4H3,(H,28,29);3-9,11-12,20H,10H2,1-2H3;1-2H,(H,5,6)(H,7,8)/b;;2-1+. The Bertz CT molecular complexity index is 2920. The molecule has 0 aliphatic heterocycles. The van der Waals surface area contributed by atoms with Gasteiger partial charge in [0.05, 0.1) is 25.6 Å². The third kappa shape index (κ3) is 13.3. The number of aliphatic carboxylic acids is 2. The fourth-order valence-electron chi connectivity index (χ4n) is 6.26. The molecule has 0 saturated carbocycles. The molecule has 0 spiro atoms. The molecule has 4 aromatic heterocycles. The van der Waals surface area contributed by atoms with E-state index < -0.39 is 61.2 Å². The molecular weight excluding hydrogens is 919 g/mol. The van der Waals surface area contributed by atoms with Gasteiger partial charge in [-0.1, -0.05) is 32.9 Å². The minimum absolute atomic E-state index is 0.0242. The van der Waals surface area contributed by atoms with E-state index in [0.717, 1.165) is 7.94 Å². The number of hydrogen-bond acceptors (Lipinski definition) is 12. The number of methoxy groups -OCH3 is 2. The SMILES string of the molecule is CNCc1cc(-c2cccc(OC)c2F)n(S(=O)(=O)c2cccnc2)c1.COc1cccc(-c2cc(CC(NC(=O)O)C(C)(C)C)cn2S(=O)(=O)c2cccnc2)c1F.O=C(O)/C=C/C(=O)O. The third-order valence-corrected chi connectivity index (χ3v) is 12.8. The van der Waals surface area contributed by atoms with Gasteiger partial charge in [0.15, 0.2) is 23.1 Å². The van der Waals surface area contributed by atoms with Gasteiger partial charge >= 0.3 is 18.0 Å². The Hall–Kier alpha value is -7.43. The molecule has 0 fully saturated rings. The normalized spacial score (nSPS) is 11.9. The van der Waals surface area contributed by atoms with Crippen LogP contribution in [0.1, 0.15) is 31.9 Å². The van der Waals surface area contributed by atoms with Crippen molar-refractivity contribution in [3.05, 3.63) is 145 Å². The van der Waals surface area contributed by atoms with Gasteiger partial charge in [-0.05, 0) is 90.7 Å². The van der Waals surface area contributed by atoms with Gasteiger partial charge in [-0.15, -0.1) is 0 Å². The minimum Gasteiger partial charge on any atom is -0.494 e. The zero-order chi connectivity index (χ0) is 49.7. The Labute approximate surface area is 385 Å². The topological polar surface area (TPSA) is 258 Å². The lowest BCUT2D eigenvalue weighted by atomic mass is 9.83. The van der Waals surface area contributed by atoms with Crippen LogP contribution in [-0.2, 0) is 42.6 Å². The smallest absolute Gasteiger partial charge is 0.404 e. The fraction of sp³-hybridized carbons (Fsp3) is 0.222. The third-order valence-electron chi connectivity index (χ3n) is 9.52. The fourth-order valence-corrected chi connectivity index (χ4v) is 8.97. The van der Waals surface area contributed by atoms with Gasteiger partial charge in [-0.3, -0.25) is 9.97 Å². The van der Waals surface area contributed by atoms with E-state index in [1.54, 1.807) is 31.3 Å². The lowest BCUT2D eigenvalue weighted by Crippen LogP contribution is -2.44. The summed E-state index contributed by atoms with van der Waals surface area (Å²) in [5.74, 6) is -3.82. The number of ether oxygens (including phenoxy) is 2. The number of carboxylic acid groups (broad SMARTS) is 3. The second kappa shape index (κ2) is 22.7. The highest BCUT2D eigenvalue weighted by Crippen LogP contribution is 2.35. The molecule has 6 aromatic rings. The van der Waals surface area contributed by atoms with E-state index in [-0.39, 0.29) is 50.2 Å². The van der Waals surface area contributed by atoms with Crippen LogP contribution in [0.3, 0.4) is 0 Å². The van der Waals surface area contributed by atoms with Gasteiger partial charge in [0.25, 0.3) is 20.0 Å². The highest BCUT2D eigenvalue weighted by Gasteiger charge is 2.30. The van der Waals surface area contributed by atoms with Crippen molar-refractivity contribution < 1.29 is 64.8 Å². The first kappa shape index (κ1) is 52.2. The molecule has 22 heteroatoms. The summed E-state index contributed by atoms with van der Waals surface area (Å²) >= 11 is 0. The van der Waals surface area contributed by atoms with Crippen LogP contribution in [0.25, 0.3) is 22.5 Å². The first-order valence-corrected chi connectivity index (χ1v) is 22.6. The second-order valence-corrected chi connectivity index (χ2v) is 18.8. The van der Waals surface area contributed by atoms with Gasteiger partial charge in [-0.2, -0.15) is 0 Å². The Kier molecular flexibility index (Phi) is 17.6. The first-order chi connectivity index (χ1) is 31.6. The summed E-state index contributed by atoms with van der Waals surface area (Å²) in [5, 5.41) is 30.3. The minimum atomic E-state index is -4.12. The number of aromatic nitrogens is 4.